The van der Waals surface area contributed by atoms with Crippen molar-refractivity contribution in [1.29, 1.82) is 0 Å². The van der Waals surface area contributed by atoms with E-state index in [-0.39, 0.29) is 13.0 Å². The number of carbonyl (C=O) groups is 5. The van der Waals surface area contributed by atoms with Crippen LogP contribution < -0.4 is 5.32 Å². The zero-order chi connectivity index (χ0) is 37.5. The second-order valence-electron chi connectivity index (χ2n) is 16.4. The van der Waals surface area contributed by atoms with Crippen LogP contribution in [-0.4, -0.2) is 67.4 Å². The highest BCUT2D eigenvalue weighted by Crippen LogP contribution is 2.35. The molecule has 2 rings (SSSR count). The van der Waals surface area contributed by atoms with Crippen LogP contribution in [0.4, 0.5) is 0 Å². The molecule has 0 bridgehead atoms. The van der Waals surface area contributed by atoms with Gasteiger partial charge in [0.15, 0.2) is 24.5 Å². The van der Waals surface area contributed by atoms with Crippen LogP contribution in [0.3, 0.4) is 0 Å². The first kappa shape index (κ1) is 41.9. The number of ether oxygens (including phenoxy) is 5. The number of hydrogen-bond donors (Lipinski definition) is 1. The average molecular weight is 708 g/mol. The Bertz CT molecular complexity index is 1360. The Morgan fingerprint density at radius 1 is 0.776 bits per heavy atom. The third-order valence-electron chi connectivity index (χ3n) is 7.39. The first-order valence-corrected chi connectivity index (χ1v) is 16.8. The summed E-state index contributed by atoms with van der Waals surface area (Å²) < 4.78 is 30.4. The Labute approximate surface area is 295 Å². The van der Waals surface area contributed by atoms with E-state index in [4.69, 9.17) is 35.3 Å². The minimum Gasteiger partial charge on any atom is -0.462 e. The molecule has 0 spiro atoms. The third-order valence-corrected chi connectivity index (χ3v) is 7.63. The summed E-state index contributed by atoms with van der Waals surface area (Å²) in [6, 6.07) is 6.47. The van der Waals surface area contributed by atoms with Gasteiger partial charge in [0.25, 0.3) is 0 Å². The van der Waals surface area contributed by atoms with Gasteiger partial charge in [-0.2, -0.15) is 0 Å². The van der Waals surface area contributed by atoms with Gasteiger partial charge in [-0.05, 0) is 113 Å². The number of hydrogen-bond acceptors (Lipinski definition) is 11. The smallest absolute Gasteiger partial charge is 0.311 e. The lowest BCUT2D eigenvalue weighted by atomic mass is 9.92. The maximum absolute atomic E-state index is 13.5. The van der Waals surface area contributed by atoms with Gasteiger partial charge in [0.1, 0.15) is 19.0 Å². The fourth-order valence-corrected chi connectivity index (χ4v) is 4.55. The van der Waals surface area contributed by atoms with Crippen molar-refractivity contribution in [2.45, 2.75) is 126 Å². The largest absolute Gasteiger partial charge is 0.462 e. The summed E-state index contributed by atoms with van der Waals surface area (Å²) in [6.07, 6.45) is -2.58. The van der Waals surface area contributed by atoms with Gasteiger partial charge < -0.3 is 23.7 Å². The van der Waals surface area contributed by atoms with E-state index in [0.29, 0.717) is 16.9 Å². The van der Waals surface area contributed by atoms with Crippen molar-refractivity contribution in [2.24, 2.45) is 21.7 Å². The van der Waals surface area contributed by atoms with Gasteiger partial charge in [-0.25, -0.2) is 0 Å². The molecule has 11 nitrogen and oxygen atoms in total. The highest BCUT2D eigenvalue weighted by atomic mass is 35.5. The van der Waals surface area contributed by atoms with E-state index in [2.05, 4.69) is 5.32 Å². The first-order valence-electron chi connectivity index (χ1n) is 16.4. The number of allylic oxidation sites excluding steroid dienone is 1. The maximum atomic E-state index is 13.5. The van der Waals surface area contributed by atoms with Crippen molar-refractivity contribution in [3.8, 4) is 0 Å². The molecule has 0 aromatic heterocycles. The van der Waals surface area contributed by atoms with E-state index in [1.807, 2.05) is 6.07 Å². The summed E-state index contributed by atoms with van der Waals surface area (Å²) in [4.78, 5) is 64.6. The summed E-state index contributed by atoms with van der Waals surface area (Å²) in [7, 11) is 0. The van der Waals surface area contributed by atoms with Gasteiger partial charge in [-0.3, -0.25) is 29.3 Å². The predicted octanol–water partition coefficient (Wildman–Crippen LogP) is 6.30. The van der Waals surface area contributed by atoms with E-state index in [9.17, 15) is 24.0 Å². The minimum atomic E-state index is -1.40. The van der Waals surface area contributed by atoms with Crippen LogP contribution in [0.15, 0.2) is 36.4 Å². The Kier molecular flexibility index (Phi) is 14.2. The van der Waals surface area contributed by atoms with Crippen molar-refractivity contribution in [1.82, 2.24) is 5.32 Å². The molecule has 1 N–H and O–H groups in total. The van der Waals surface area contributed by atoms with Crippen LogP contribution in [0.2, 0.25) is 5.02 Å². The quantitative estimate of drug-likeness (QED) is 0.120. The van der Waals surface area contributed by atoms with Crippen molar-refractivity contribution < 1.29 is 47.7 Å². The summed E-state index contributed by atoms with van der Waals surface area (Å²) >= 11 is 6.34. The topological polar surface area (TPSA) is 144 Å². The van der Waals surface area contributed by atoms with Gasteiger partial charge >= 0.3 is 23.9 Å². The molecule has 0 radical (unpaired) electrons. The van der Waals surface area contributed by atoms with Gasteiger partial charge in [0.05, 0.1) is 21.7 Å². The standard InChI is InChI=1S/C37H54ClNO10/c1-34(2,3)30(41)45-21-25-26(47-31(42)35(4,5)6)27(48-32(43)36(7,8)9)28(49-33(44)37(10,11)12)29(46-25)39-24(18-13-14-19-40)22-16-15-17-23(38)20-22/h13-17,19-20,24-29,39H,18,21H2,1-12H3/b14-13+/t24-,25+,26-,27-,28+,29+/m0/s1. The van der Waals surface area contributed by atoms with Crippen molar-refractivity contribution >= 4 is 41.8 Å². The second kappa shape index (κ2) is 16.6. The molecule has 1 heterocycles. The van der Waals surface area contributed by atoms with Crippen LogP contribution in [0.1, 0.15) is 101 Å². The van der Waals surface area contributed by atoms with Crippen LogP contribution in [-0.2, 0) is 47.7 Å². The lowest BCUT2D eigenvalue weighted by Gasteiger charge is -2.47. The Balaban J connectivity index is 2.81. The van der Waals surface area contributed by atoms with Gasteiger partial charge in [-0.1, -0.05) is 29.8 Å². The lowest BCUT2D eigenvalue weighted by Crippen LogP contribution is -2.66. The fourth-order valence-electron chi connectivity index (χ4n) is 4.36. The fraction of sp³-hybridized carbons (Fsp3) is 0.649. The van der Waals surface area contributed by atoms with E-state index >= 15 is 0 Å². The summed E-state index contributed by atoms with van der Waals surface area (Å²) in [5, 5.41) is 3.82. The lowest BCUT2D eigenvalue weighted by molar-refractivity contribution is -0.266. The number of nitrogens with one attached hydrogen (secondary N) is 1. The molecule has 6 atom stereocenters. The van der Waals surface area contributed by atoms with Crippen molar-refractivity contribution in [3.63, 3.8) is 0 Å². The number of esters is 4. The number of halogens is 1. The van der Waals surface area contributed by atoms with E-state index in [1.54, 1.807) is 107 Å². The summed E-state index contributed by atoms with van der Waals surface area (Å²) in [5.74, 6) is -2.48. The molecule has 0 unspecified atom stereocenters. The SMILES string of the molecule is CC(C)(C)C(=O)OC[C@H]1O[C@@H](N[C@@H](C/C=C/C=O)c2cccc(Cl)c2)[C@H](OC(=O)C(C)(C)C)[C@@H](OC(=O)C(C)(C)C)[C@H]1OC(=O)C(C)(C)C. The van der Waals surface area contributed by atoms with Crippen LogP contribution >= 0.6 is 11.6 Å². The molecule has 0 saturated carbocycles. The second-order valence-corrected chi connectivity index (χ2v) is 16.8. The Hall–Kier alpha value is -3.28. The zero-order valence-corrected chi connectivity index (χ0v) is 31.6. The molecule has 0 aliphatic carbocycles. The third kappa shape index (κ3) is 12.5. The molecular formula is C37H54ClNO10. The van der Waals surface area contributed by atoms with Gasteiger partial charge in [-0.15, -0.1) is 0 Å². The molecule has 1 aliphatic heterocycles. The van der Waals surface area contributed by atoms with Crippen molar-refractivity contribution in [3.05, 3.63) is 47.0 Å². The van der Waals surface area contributed by atoms with E-state index in [1.165, 1.54) is 6.08 Å². The molecule has 1 aromatic carbocycles. The summed E-state index contributed by atoms with van der Waals surface area (Å²) in [6.45, 7) is 19.7. The molecule has 274 valence electrons. The zero-order valence-electron chi connectivity index (χ0n) is 30.9. The molecule has 0 amide bonds. The molecule has 49 heavy (non-hydrogen) atoms. The van der Waals surface area contributed by atoms with Gasteiger partial charge in [0.2, 0.25) is 0 Å². The van der Waals surface area contributed by atoms with Gasteiger partial charge in [0, 0.05) is 11.1 Å². The van der Waals surface area contributed by atoms with Crippen LogP contribution in [0.25, 0.3) is 0 Å². The Morgan fingerprint density at radius 2 is 1.27 bits per heavy atom. The number of rotatable bonds is 11. The molecule has 1 aliphatic rings. The predicted molar refractivity (Wildman–Crippen MR) is 184 cm³/mol. The van der Waals surface area contributed by atoms with E-state index < -0.39 is 82.2 Å². The highest BCUT2D eigenvalue weighted by molar-refractivity contribution is 6.30. The normalized spacial score (nSPS) is 22.6. The van der Waals surface area contributed by atoms with E-state index in [0.717, 1.165) is 0 Å². The first-order chi connectivity index (χ1) is 22.4. The monoisotopic (exact) mass is 707 g/mol. The Morgan fingerprint density at radius 3 is 1.73 bits per heavy atom. The van der Waals surface area contributed by atoms with Crippen LogP contribution in [0.5, 0.6) is 0 Å². The molecule has 1 saturated heterocycles. The molecule has 1 fully saturated rings. The number of carbonyl (C=O) groups excluding carboxylic acids is 5. The van der Waals surface area contributed by atoms with Crippen LogP contribution in [0, 0.1) is 21.7 Å². The maximum Gasteiger partial charge on any atom is 0.311 e. The average Bonchev–Trinajstić information content (AvgIpc) is 2.95. The van der Waals surface area contributed by atoms with Crippen molar-refractivity contribution in [2.75, 3.05) is 6.61 Å². The molecule has 12 heteroatoms. The summed E-state index contributed by atoms with van der Waals surface area (Å²) in [5.41, 5.74) is -3.13. The molecular weight excluding hydrogens is 654 g/mol. The highest BCUT2D eigenvalue weighted by Gasteiger charge is 2.55. The number of benzene rings is 1. The number of aldehydes is 1. The minimum absolute atomic E-state index is 0.275. The molecule has 1 aromatic rings.